The highest BCUT2D eigenvalue weighted by Crippen LogP contribution is 2.35. The molecule has 0 bridgehead atoms. The van der Waals surface area contributed by atoms with Gasteiger partial charge in [0.1, 0.15) is 17.9 Å². The van der Waals surface area contributed by atoms with Gasteiger partial charge in [-0.15, -0.1) is 0 Å². The van der Waals surface area contributed by atoms with Gasteiger partial charge in [0.05, 0.1) is 12.2 Å². The Morgan fingerprint density at radius 2 is 1.64 bits per heavy atom. The number of rotatable bonds is 7. The van der Waals surface area contributed by atoms with E-state index in [4.69, 9.17) is 14.2 Å². The van der Waals surface area contributed by atoms with Gasteiger partial charge in [-0.05, 0) is 53.7 Å². The van der Waals surface area contributed by atoms with Crippen molar-refractivity contribution >= 4 is 17.6 Å². The first-order valence-electron chi connectivity index (χ1n) is 8.68. The summed E-state index contributed by atoms with van der Waals surface area (Å²) in [6, 6.07) is 2.88. The molecule has 1 rings (SSSR count). The molecule has 0 atom stereocenters. The van der Waals surface area contributed by atoms with E-state index >= 15 is 0 Å². The van der Waals surface area contributed by atoms with E-state index in [1.165, 1.54) is 19.9 Å². The van der Waals surface area contributed by atoms with Crippen LogP contribution in [-0.4, -0.2) is 36.3 Å². The van der Waals surface area contributed by atoms with Gasteiger partial charge in [-0.1, -0.05) is 0 Å². The summed E-state index contributed by atoms with van der Waals surface area (Å²) in [5.74, 6) is -1.53. The lowest BCUT2D eigenvalue weighted by atomic mass is 10.1. The largest absolute Gasteiger partial charge is 0.476 e. The summed E-state index contributed by atoms with van der Waals surface area (Å²) in [5, 5.41) is 2.59. The zero-order valence-electron chi connectivity index (χ0n) is 16.8. The maximum atomic E-state index is 13.2. The normalized spacial score (nSPS) is 12.3. The van der Waals surface area contributed by atoms with E-state index in [1.54, 1.807) is 27.7 Å². The zero-order valence-corrected chi connectivity index (χ0v) is 16.8. The molecule has 158 valence electrons. The summed E-state index contributed by atoms with van der Waals surface area (Å²) < 4.78 is 55.1. The van der Waals surface area contributed by atoms with Crippen LogP contribution < -0.4 is 10.1 Å². The Morgan fingerprint density at radius 3 is 2.14 bits per heavy atom. The standard InChI is InChI=1S/C19H26F3NO5/c1-7-26-16(25)18(5,6)27-14-9-12(19(20,21)22)8-13(10-14)23-11-15(24)28-17(2,3)4/h8-10,23H,7,11H2,1-6H3. The molecule has 0 unspecified atom stereocenters. The number of carbonyl (C=O) groups is 2. The van der Waals surface area contributed by atoms with Crippen LogP contribution in [0.5, 0.6) is 5.75 Å². The number of anilines is 1. The molecule has 0 radical (unpaired) electrons. The first kappa shape index (κ1) is 23.6. The number of nitrogens with one attached hydrogen (secondary N) is 1. The van der Waals surface area contributed by atoms with Crippen molar-refractivity contribution in [3.8, 4) is 5.75 Å². The molecule has 0 aliphatic rings. The number of ether oxygens (including phenoxy) is 3. The van der Waals surface area contributed by atoms with Crippen LogP contribution in [0.15, 0.2) is 18.2 Å². The topological polar surface area (TPSA) is 73.9 Å². The molecular weight excluding hydrogens is 379 g/mol. The maximum Gasteiger partial charge on any atom is 0.416 e. The monoisotopic (exact) mass is 405 g/mol. The van der Waals surface area contributed by atoms with Gasteiger partial charge >= 0.3 is 18.1 Å². The molecule has 28 heavy (non-hydrogen) atoms. The molecule has 1 aromatic carbocycles. The van der Waals surface area contributed by atoms with Crippen LogP contribution >= 0.6 is 0 Å². The molecule has 0 fully saturated rings. The van der Waals surface area contributed by atoms with Crippen molar-refractivity contribution in [2.24, 2.45) is 0 Å². The van der Waals surface area contributed by atoms with Crippen molar-refractivity contribution in [1.29, 1.82) is 0 Å². The molecular formula is C19H26F3NO5. The summed E-state index contributed by atoms with van der Waals surface area (Å²) in [6.07, 6.45) is -4.64. The fraction of sp³-hybridized carbons (Fsp3) is 0.579. The lowest BCUT2D eigenvalue weighted by molar-refractivity contribution is -0.158. The molecule has 9 heteroatoms. The van der Waals surface area contributed by atoms with Gasteiger partial charge in [0.15, 0.2) is 5.60 Å². The van der Waals surface area contributed by atoms with Gasteiger partial charge in [0.25, 0.3) is 0 Å². The minimum absolute atomic E-state index is 0.00431. The van der Waals surface area contributed by atoms with Gasteiger partial charge in [-0.25, -0.2) is 4.79 Å². The number of hydrogen-bond donors (Lipinski definition) is 1. The first-order chi connectivity index (χ1) is 12.6. The Morgan fingerprint density at radius 1 is 1.04 bits per heavy atom. The lowest BCUT2D eigenvalue weighted by Crippen LogP contribution is -2.39. The average Bonchev–Trinajstić information content (AvgIpc) is 2.50. The number of benzene rings is 1. The van der Waals surface area contributed by atoms with E-state index in [1.807, 2.05) is 0 Å². The van der Waals surface area contributed by atoms with Crippen molar-refractivity contribution < 1.29 is 37.0 Å². The highest BCUT2D eigenvalue weighted by Gasteiger charge is 2.35. The Labute approximate surface area is 162 Å². The van der Waals surface area contributed by atoms with Crippen molar-refractivity contribution in [3.63, 3.8) is 0 Å². The van der Waals surface area contributed by atoms with E-state index in [9.17, 15) is 22.8 Å². The second-order valence-electron chi connectivity index (χ2n) is 7.52. The molecule has 6 nitrogen and oxygen atoms in total. The summed E-state index contributed by atoms with van der Waals surface area (Å²) in [7, 11) is 0. The predicted octanol–water partition coefficient (Wildman–Crippen LogP) is 4.18. The molecule has 0 amide bonds. The second kappa shape index (κ2) is 8.70. The maximum absolute atomic E-state index is 13.2. The van der Waals surface area contributed by atoms with Crippen LogP contribution in [0, 0.1) is 0 Å². The molecule has 0 saturated heterocycles. The molecule has 0 spiro atoms. The van der Waals surface area contributed by atoms with Crippen LogP contribution in [0.3, 0.4) is 0 Å². The Bertz CT molecular complexity index is 709. The molecule has 1 aromatic rings. The number of halogens is 3. The molecule has 0 aliphatic heterocycles. The van der Waals surface area contributed by atoms with Crippen molar-refractivity contribution in [2.45, 2.75) is 58.9 Å². The summed E-state index contributed by atoms with van der Waals surface area (Å²) in [5.41, 5.74) is -3.21. The van der Waals surface area contributed by atoms with Crippen LogP contribution in [0.1, 0.15) is 47.1 Å². The summed E-state index contributed by atoms with van der Waals surface area (Å²) >= 11 is 0. The quantitative estimate of drug-likeness (QED) is 0.686. The Hall–Kier alpha value is -2.45. The minimum atomic E-state index is -4.64. The van der Waals surface area contributed by atoms with Gasteiger partial charge in [-0.3, -0.25) is 4.79 Å². The van der Waals surface area contributed by atoms with Crippen molar-refractivity contribution in [2.75, 3.05) is 18.5 Å². The van der Waals surface area contributed by atoms with Gasteiger partial charge in [0.2, 0.25) is 0 Å². The van der Waals surface area contributed by atoms with E-state index in [2.05, 4.69) is 5.32 Å². The highest BCUT2D eigenvalue weighted by atomic mass is 19.4. The van der Waals surface area contributed by atoms with E-state index in [-0.39, 0.29) is 24.6 Å². The second-order valence-corrected chi connectivity index (χ2v) is 7.52. The zero-order chi connectivity index (χ0) is 21.8. The Kier molecular flexibility index (Phi) is 7.33. The summed E-state index contributed by atoms with van der Waals surface area (Å²) in [6.45, 7) is 9.20. The molecule has 1 N–H and O–H groups in total. The smallest absolute Gasteiger partial charge is 0.416 e. The molecule has 0 saturated carbocycles. The number of carbonyl (C=O) groups excluding carboxylic acids is 2. The Balaban J connectivity index is 3.07. The van der Waals surface area contributed by atoms with E-state index in [0.29, 0.717) is 0 Å². The average molecular weight is 405 g/mol. The van der Waals surface area contributed by atoms with Crippen LogP contribution in [0.2, 0.25) is 0 Å². The number of alkyl halides is 3. The van der Waals surface area contributed by atoms with Crippen LogP contribution in [0.4, 0.5) is 18.9 Å². The minimum Gasteiger partial charge on any atom is -0.476 e. The third-order valence-corrected chi connectivity index (χ3v) is 3.23. The van der Waals surface area contributed by atoms with E-state index in [0.717, 1.165) is 12.1 Å². The highest BCUT2D eigenvalue weighted by molar-refractivity contribution is 5.79. The van der Waals surface area contributed by atoms with E-state index < -0.39 is 34.9 Å². The SMILES string of the molecule is CCOC(=O)C(C)(C)Oc1cc(NCC(=O)OC(C)(C)C)cc(C(F)(F)F)c1. The number of esters is 2. The summed E-state index contributed by atoms with van der Waals surface area (Å²) in [4.78, 5) is 23.7. The predicted molar refractivity (Wildman–Crippen MR) is 97.1 cm³/mol. The molecule has 0 heterocycles. The third kappa shape index (κ3) is 7.66. The van der Waals surface area contributed by atoms with Crippen molar-refractivity contribution in [1.82, 2.24) is 0 Å². The third-order valence-electron chi connectivity index (χ3n) is 3.23. The first-order valence-corrected chi connectivity index (χ1v) is 8.68. The number of hydrogen-bond acceptors (Lipinski definition) is 6. The van der Waals surface area contributed by atoms with Crippen LogP contribution in [-0.2, 0) is 25.2 Å². The fourth-order valence-corrected chi connectivity index (χ4v) is 2.12. The van der Waals surface area contributed by atoms with Crippen molar-refractivity contribution in [3.05, 3.63) is 23.8 Å². The van der Waals surface area contributed by atoms with Gasteiger partial charge in [0, 0.05) is 11.8 Å². The van der Waals surface area contributed by atoms with Gasteiger partial charge < -0.3 is 19.5 Å². The molecule has 0 aromatic heterocycles. The molecule has 0 aliphatic carbocycles. The lowest BCUT2D eigenvalue weighted by Gasteiger charge is -2.25. The van der Waals surface area contributed by atoms with Crippen LogP contribution in [0.25, 0.3) is 0 Å². The van der Waals surface area contributed by atoms with Gasteiger partial charge in [-0.2, -0.15) is 13.2 Å². The fourth-order valence-electron chi connectivity index (χ4n) is 2.12.